The molecule has 5 nitrogen and oxygen atoms in total. The van der Waals surface area contributed by atoms with Gasteiger partial charge in [0.2, 0.25) is 11.6 Å². The van der Waals surface area contributed by atoms with E-state index in [1.54, 1.807) is 18.2 Å². The smallest absolute Gasteiger partial charge is 0.545 e. The van der Waals surface area contributed by atoms with Gasteiger partial charge in [0.05, 0.1) is 5.97 Å². The van der Waals surface area contributed by atoms with Crippen molar-refractivity contribution in [2.24, 2.45) is 0 Å². The maximum Gasteiger partial charge on any atom is 1.00 e. The van der Waals surface area contributed by atoms with Crippen LogP contribution >= 0.6 is 0 Å². The van der Waals surface area contributed by atoms with Gasteiger partial charge in [-0.1, -0.05) is 6.08 Å². The summed E-state index contributed by atoms with van der Waals surface area (Å²) in [4.78, 5) is 34.8. The summed E-state index contributed by atoms with van der Waals surface area (Å²) in [5.74, 6) is -2.61. The maximum atomic E-state index is 11.9. The van der Waals surface area contributed by atoms with Crippen molar-refractivity contribution in [1.82, 2.24) is 0 Å². The van der Waals surface area contributed by atoms with Crippen LogP contribution in [0.25, 0.3) is 11.6 Å². The number of ketones is 2. The molecular formula is C16H11NaO5. The summed E-state index contributed by atoms with van der Waals surface area (Å²) >= 11 is 0. The topological polar surface area (TPSA) is 83.5 Å². The van der Waals surface area contributed by atoms with E-state index in [2.05, 4.69) is 0 Å². The van der Waals surface area contributed by atoms with Crippen molar-refractivity contribution in [3.8, 4) is 5.75 Å². The fourth-order valence-corrected chi connectivity index (χ4v) is 2.50. The number of carboxylic acids is 1. The number of allylic oxidation sites excluding steroid dienone is 1. The number of aliphatic carboxylic acids is 1. The summed E-state index contributed by atoms with van der Waals surface area (Å²) in [5.41, 5.74) is -0.0963. The second-order valence-corrected chi connectivity index (χ2v) is 5.48. The number of carbonyl (C=O) groups excluding carboxylic acids is 3. The third-order valence-corrected chi connectivity index (χ3v) is 3.46. The van der Waals surface area contributed by atoms with Gasteiger partial charge in [0.1, 0.15) is 11.4 Å². The Morgan fingerprint density at radius 3 is 2.55 bits per heavy atom. The molecule has 3 rings (SSSR count). The number of hydrogen-bond donors (Lipinski definition) is 0. The molecule has 0 bridgehead atoms. The largest absolute Gasteiger partial charge is 1.00 e. The zero-order valence-corrected chi connectivity index (χ0v) is 14.4. The molecule has 0 fully saturated rings. The maximum absolute atomic E-state index is 11.9. The summed E-state index contributed by atoms with van der Waals surface area (Å²) in [6.07, 6.45) is 4.29. The molecule has 0 N–H and O–H groups in total. The normalized spacial score (nSPS) is 17.6. The first-order valence-corrected chi connectivity index (χ1v) is 6.37. The Bertz CT molecular complexity index is 771. The average molecular weight is 306 g/mol. The summed E-state index contributed by atoms with van der Waals surface area (Å²) in [7, 11) is 0. The molecule has 0 spiro atoms. The van der Waals surface area contributed by atoms with Crippen molar-refractivity contribution in [2.45, 2.75) is 19.4 Å². The number of carboxylic acid groups (broad SMARTS) is 1. The number of ether oxygens (including phenoxy) is 1. The van der Waals surface area contributed by atoms with Gasteiger partial charge in [-0.05, 0) is 38.1 Å². The summed E-state index contributed by atoms with van der Waals surface area (Å²) in [6, 6.07) is 2.99. The van der Waals surface area contributed by atoms with E-state index in [0.717, 1.165) is 6.08 Å². The van der Waals surface area contributed by atoms with E-state index < -0.39 is 23.1 Å². The molecule has 106 valence electrons. The van der Waals surface area contributed by atoms with E-state index in [1.807, 2.05) is 13.8 Å². The number of rotatable bonds is 1. The van der Waals surface area contributed by atoms with Crippen LogP contribution in [0.4, 0.5) is 0 Å². The van der Waals surface area contributed by atoms with Crippen LogP contribution in [0.15, 0.2) is 24.3 Å². The molecule has 0 unspecified atom stereocenters. The molecule has 6 heteroatoms. The first kappa shape index (κ1) is 16.7. The van der Waals surface area contributed by atoms with E-state index in [4.69, 9.17) is 4.74 Å². The van der Waals surface area contributed by atoms with E-state index in [0.29, 0.717) is 11.3 Å². The van der Waals surface area contributed by atoms with Crippen LogP contribution in [0.2, 0.25) is 0 Å². The molecule has 1 aliphatic carbocycles. The van der Waals surface area contributed by atoms with Crippen LogP contribution in [0, 0.1) is 0 Å². The second-order valence-electron chi connectivity index (χ2n) is 5.48. The first-order valence-electron chi connectivity index (χ1n) is 6.37. The minimum Gasteiger partial charge on any atom is -0.545 e. The zero-order chi connectivity index (χ0) is 15.4. The third-order valence-electron chi connectivity index (χ3n) is 3.46. The van der Waals surface area contributed by atoms with Crippen LogP contribution in [0.3, 0.4) is 0 Å². The van der Waals surface area contributed by atoms with Gasteiger partial charge in [0.15, 0.2) is 0 Å². The van der Waals surface area contributed by atoms with Gasteiger partial charge in [-0.2, -0.15) is 0 Å². The molecule has 0 aromatic heterocycles. The Hall–Kier alpha value is -1.69. The molecule has 1 aromatic carbocycles. The van der Waals surface area contributed by atoms with Gasteiger partial charge < -0.3 is 14.6 Å². The average Bonchev–Trinajstić information content (AvgIpc) is 2.40. The molecule has 2 aliphatic rings. The minimum absolute atomic E-state index is 0. The predicted molar refractivity (Wildman–Crippen MR) is 72.5 cm³/mol. The molecule has 1 aliphatic heterocycles. The number of carbonyl (C=O) groups is 3. The van der Waals surface area contributed by atoms with Gasteiger partial charge >= 0.3 is 29.6 Å². The fourth-order valence-electron chi connectivity index (χ4n) is 2.50. The molecule has 0 saturated heterocycles. The Morgan fingerprint density at radius 1 is 1.23 bits per heavy atom. The van der Waals surface area contributed by atoms with Crippen molar-refractivity contribution < 1.29 is 53.8 Å². The zero-order valence-electron chi connectivity index (χ0n) is 12.4. The van der Waals surface area contributed by atoms with Gasteiger partial charge in [0, 0.05) is 22.3 Å². The molecule has 1 heterocycles. The van der Waals surface area contributed by atoms with Gasteiger partial charge in [-0.15, -0.1) is 0 Å². The van der Waals surface area contributed by atoms with Crippen LogP contribution in [-0.2, 0) is 9.59 Å². The molecule has 22 heavy (non-hydrogen) atoms. The van der Waals surface area contributed by atoms with Crippen molar-refractivity contribution in [1.29, 1.82) is 0 Å². The van der Waals surface area contributed by atoms with E-state index in [9.17, 15) is 19.5 Å². The van der Waals surface area contributed by atoms with E-state index in [1.165, 1.54) is 6.07 Å². The standard InChI is InChI=1S/C16H12O5.Na/c1-16(2)6-5-8-12(21-16)4-3-9-13(8)10(15(19)20)7-11(17)14(9)18;/h3-7H,1-2H3,(H,19,20);/q;+1/p-1. The number of benzene rings is 1. The van der Waals surface area contributed by atoms with Gasteiger partial charge in [-0.25, -0.2) is 0 Å². The second kappa shape index (κ2) is 5.50. The van der Waals surface area contributed by atoms with Crippen molar-refractivity contribution in [3.05, 3.63) is 41.0 Å². The molecule has 0 radical (unpaired) electrons. The third kappa shape index (κ3) is 2.56. The predicted octanol–water partition coefficient (Wildman–Crippen LogP) is -2.23. The SMILES string of the molecule is CC1(C)C=Cc2c(ccc3c2C(C(=O)[O-])=CC(=O)C3=O)O1.[Na+]. The Kier molecular flexibility index (Phi) is 4.17. The quantitative estimate of drug-likeness (QED) is 0.433. The van der Waals surface area contributed by atoms with Crippen molar-refractivity contribution >= 4 is 29.2 Å². The van der Waals surface area contributed by atoms with E-state index >= 15 is 0 Å². The number of fused-ring (bicyclic) bond motifs is 3. The minimum atomic E-state index is -1.50. The fraction of sp³-hybridized carbons (Fsp3) is 0.188. The monoisotopic (exact) mass is 306 g/mol. The molecule has 0 saturated carbocycles. The molecular weight excluding hydrogens is 295 g/mol. The van der Waals surface area contributed by atoms with Crippen LogP contribution in [-0.4, -0.2) is 23.1 Å². The van der Waals surface area contributed by atoms with Crippen molar-refractivity contribution in [2.75, 3.05) is 0 Å². The molecule has 1 aromatic rings. The van der Waals surface area contributed by atoms with Gasteiger partial charge in [-0.3, -0.25) is 9.59 Å². The van der Waals surface area contributed by atoms with Crippen LogP contribution < -0.4 is 39.4 Å². The first-order chi connectivity index (χ1) is 9.80. The number of hydrogen-bond acceptors (Lipinski definition) is 5. The molecule has 0 amide bonds. The Morgan fingerprint density at radius 2 is 1.91 bits per heavy atom. The Balaban J connectivity index is 0.00000176. The summed E-state index contributed by atoms with van der Waals surface area (Å²) in [5, 5.41) is 11.3. The summed E-state index contributed by atoms with van der Waals surface area (Å²) in [6.45, 7) is 3.71. The van der Waals surface area contributed by atoms with Gasteiger partial charge in [0.25, 0.3) is 0 Å². The van der Waals surface area contributed by atoms with Crippen LogP contribution in [0.5, 0.6) is 5.75 Å². The van der Waals surface area contributed by atoms with E-state index in [-0.39, 0.29) is 46.3 Å². The van der Waals surface area contributed by atoms with Crippen molar-refractivity contribution in [3.63, 3.8) is 0 Å². The van der Waals surface area contributed by atoms with Crippen LogP contribution in [0.1, 0.15) is 35.3 Å². The Labute approximate surface area is 148 Å². The number of Topliss-reactive ketones (excluding diaryl/α,β-unsaturated/α-hetero) is 1. The molecule has 0 atom stereocenters. The summed E-state index contributed by atoms with van der Waals surface area (Å²) < 4.78 is 5.75.